The van der Waals surface area contributed by atoms with Crippen molar-refractivity contribution in [1.29, 1.82) is 0 Å². The standard InChI is InChI=1S/C12H16ClNO2/c1-10(8-13)14(2)12(15)9-16-11-6-4-3-5-7-11/h3-7,10H,8-9H2,1-2H3. The third-order valence-electron chi connectivity index (χ3n) is 2.38. The highest BCUT2D eigenvalue weighted by atomic mass is 35.5. The molecule has 16 heavy (non-hydrogen) atoms. The molecule has 0 aromatic heterocycles. The summed E-state index contributed by atoms with van der Waals surface area (Å²) in [7, 11) is 1.73. The fourth-order valence-electron chi connectivity index (χ4n) is 1.11. The second kappa shape index (κ2) is 6.38. The van der Waals surface area contributed by atoms with Crippen molar-refractivity contribution in [1.82, 2.24) is 4.90 Å². The first-order valence-electron chi connectivity index (χ1n) is 5.14. The molecule has 1 aromatic carbocycles. The first-order chi connectivity index (χ1) is 7.65. The van der Waals surface area contributed by atoms with E-state index in [9.17, 15) is 4.79 Å². The second-order valence-corrected chi connectivity index (χ2v) is 3.92. The van der Waals surface area contributed by atoms with E-state index in [-0.39, 0.29) is 18.6 Å². The Bertz CT molecular complexity index is 329. The van der Waals surface area contributed by atoms with E-state index in [1.165, 1.54) is 0 Å². The van der Waals surface area contributed by atoms with Crippen LogP contribution in [0.1, 0.15) is 6.92 Å². The summed E-state index contributed by atoms with van der Waals surface area (Å²) in [6.07, 6.45) is 0. The average molecular weight is 242 g/mol. The van der Waals surface area contributed by atoms with Gasteiger partial charge in [-0.15, -0.1) is 11.6 Å². The normalized spacial score (nSPS) is 11.9. The van der Waals surface area contributed by atoms with Gasteiger partial charge in [0.2, 0.25) is 0 Å². The number of nitrogens with zero attached hydrogens (tertiary/aromatic N) is 1. The van der Waals surface area contributed by atoms with Crippen molar-refractivity contribution in [2.45, 2.75) is 13.0 Å². The molecule has 0 aliphatic carbocycles. The molecule has 0 spiro atoms. The third kappa shape index (κ3) is 3.74. The number of alkyl halides is 1. The van der Waals surface area contributed by atoms with Crippen LogP contribution >= 0.6 is 11.6 Å². The predicted molar refractivity (Wildman–Crippen MR) is 64.9 cm³/mol. The summed E-state index contributed by atoms with van der Waals surface area (Å²) < 4.78 is 5.35. The number of hydrogen-bond acceptors (Lipinski definition) is 2. The molecule has 0 radical (unpaired) electrons. The zero-order valence-corrected chi connectivity index (χ0v) is 10.3. The molecule has 0 saturated heterocycles. The predicted octanol–water partition coefficient (Wildman–Crippen LogP) is 2.15. The molecule has 0 aliphatic rings. The van der Waals surface area contributed by atoms with Gasteiger partial charge in [-0.3, -0.25) is 4.79 Å². The van der Waals surface area contributed by atoms with E-state index < -0.39 is 0 Å². The van der Waals surface area contributed by atoms with Gasteiger partial charge in [0.05, 0.1) is 0 Å². The van der Waals surface area contributed by atoms with Crippen LogP contribution in [-0.4, -0.2) is 36.4 Å². The molecule has 1 amide bonds. The summed E-state index contributed by atoms with van der Waals surface area (Å²) in [5, 5.41) is 0. The number of halogens is 1. The average Bonchev–Trinajstić information content (AvgIpc) is 2.35. The van der Waals surface area contributed by atoms with Crippen molar-refractivity contribution in [2.24, 2.45) is 0 Å². The molecule has 1 atom stereocenters. The van der Waals surface area contributed by atoms with Crippen molar-refractivity contribution in [3.05, 3.63) is 30.3 Å². The number of para-hydroxylation sites is 1. The van der Waals surface area contributed by atoms with Gasteiger partial charge < -0.3 is 9.64 Å². The van der Waals surface area contributed by atoms with Crippen LogP contribution in [0.3, 0.4) is 0 Å². The first kappa shape index (κ1) is 12.8. The highest BCUT2D eigenvalue weighted by Gasteiger charge is 2.14. The molecule has 0 heterocycles. The Morgan fingerprint density at radius 1 is 1.44 bits per heavy atom. The Balaban J connectivity index is 2.41. The lowest BCUT2D eigenvalue weighted by Crippen LogP contribution is -2.39. The molecule has 1 rings (SSSR count). The van der Waals surface area contributed by atoms with E-state index in [1.54, 1.807) is 11.9 Å². The minimum atomic E-state index is -0.0722. The lowest BCUT2D eigenvalue weighted by atomic mass is 10.3. The number of rotatable bonds is 5. The monoisotopic (exact) mass is 241 g/mol. The van der Waals surface area contributed by atoms with Crippen molar-refractivity contribution in [2.75, 3.05) is 19.5 Å². The van der Waals surface area contributed by atoms with Gasteiger partial charge in [-0.25, -0.2) is 0 Å². The zero-order chi connectivity index (χ0) is 12.0. The molecule has 0 bridgehead atoms. The van der Waals surface area contributed by atoms with Crippen molar-refractivity contribution in [3.63, 3.8) is 0 Å². The maximum Gasteiger partial charge on any atom is 0.260 e. The molecule has 3 nitrogen and oxygen atoms in total. The number of benzene rings is 1. The largest absolute Gasteiger partial charge is 0.484 e. The maximum absolute atomic E-state index is 11.7. The number of carbonyl (C=O) groups is 1. The molecular weight excluding hydrogens is 226 g/mol. The first-order valence-corrected chi connectivity index (χ1v) is 5.68. The molecular formula is C12H16ClNO2. The van der Waals surface area contributed by atoms with Crippen LogP contribution in [0.4, 0.5) is 0 Å². The fourth-order valence-corrected chi connectivity index (χ4v) is 1.32. The van der Waals surface area contributed by atoms with Gasteiger partial charge >= 0.3 is 0 Å². The fraction of sp³-hybridized carbons (Fsp3) is 0.417. The molecule has 4 heteroatoms. The summed E-state index contributed by atoms with van der Waals surface area (Å²) >= 11 is 5.67. The van der Waals surface area contributed by atoms with Crippen LogP contribution < -0.4 is 4.74 Å². The van der Waals surface area contributed by atoms with Crippen LogP contribution in [0, 0.1) is 0 Å². The maximum atomic E-state index is 11.7. The van der Waals surface area contributed by atoms with Crippen LogP contribution in [0.2, 0.25) is 0 Å². The molecule has 0 aliphatic heterocycles. The Morgan fingerprint density at radius 2 is 2.06 bits per heavy atom. The summed E-state index contributed by atoms with van der Waals surface area (Å²) in [5.41, 5.74) is 0. The number of ether oxygens (including phenoxy) is 1. The van der Waals surface area contributed by atoms with E-state index in [2.05, 4.69) is 0 Å². The van der Waals surface area contributed by atoms with Gasteiger partial charge in [-0.2, -0.15) is 0 Å². The zero-order valence-electron chi connectivity index (χ0n) is 9.52. The van der Waals surface area contributed by atoms with Crippen molar-refractivity contribution < 1.29 is 9.53 Å². The van der Waals surface area contributed by atoms with E-state index in [1.807, 2.05) is 37.3 Å². The third-order valence-corrected chi connectivity index (χ3v) is 2.83. The molecule has 1 aromatic rings. The number of likely N-dealkylation sites (N-methyl/N-ethyl adjacent to an activating group) is 1. The van der Waals surface area contributed by atoms with Crippen LogP contribution in [-0.2, 0) is 4.79 Å². The summed E-state index contributed by atoms with van der Waals surface area (Å²) in [4.78, 5) is 13.3. The quantitative estimate of drug-likeness (QED) is 0.740. The lowest BCUT2D eigenvalue weighted by molar-refractivity contribution is -0.133. The van der Waals surface area contributed by atoms with Crippen LogP contribution in [0.25, 0.3) is 0 Å². The van der Waals surface area contributed by atoms with Gasteiger partial charge in [0, 0.05) is 19.0 Å². The summed E-state index contributed by atoms with van der Waals surface area (Å²) in [5.74, 6) is 1.05. The molecule has 0 N–H and O–H groups in total. The highest BCUT2D eigenvalue weighted by molar-refractivity contribution is 6.18. The van der Waals surface area contributed by atoms with E-state index in [0.717, 1.165) is 0 Å². The Labute approximate surface area is 101 Å². The van der Waals surface area contributed by atoms with Gasteiger partial charge in [0.1, 0.15) is 5.75 Å². The SMILES string of the molecule is CC(CCl)N(C)C(=O)COc1ccccc1. The van der Waals surface area contributed by atoms with Gasteiger partial charge in [0.15, 0.2) is 6.61 Å². The molecule has 0 fully saturated rings. The van der Waals surface area contributed by atoms with Crippen LogP contribution in [0.5, 0.6) is 5.75 Å². The number of amides is 1. The topological polar surface area (TPSA) is 29.5 Å². The summed E-state index contributed by atoms with van der Waals surface area (Å²) in [6.45, 7) is 1.94. The van der Waals surface area contributed by atoms with Gasteiger partial charge in [-0.05, 0) is 19.1 Å². The minimum absolute atomic E-state index is 0.0218. The lowest BCUT2D eigenvalue weighted by Gasteiger charge is -2.22. The second-order valence-electron chi connectivity index (χ2n) is 3.61. The Hall–Kier alpha value is -1.22. The van der Waals surface area contributed by atoms with E-state index in [4.69, 9.17) is 16.3 Å². The van der Waals surface area contributed by atoms with Gasteiger partial charge in [0.25, 0.3) is 5.91 Å². The molecule has 1 unspecified atom stereocenters. The van der Waals surface area contributed by atoms with Crippen LogP contribution in [0.15, 0.2) is 30.3 Å². The Morgan fingerprint density at radius 3 is 2.62 bits per heavy atom. The number of carbonyl (C=O) groups excluding carboxylic acids is 1. The smallest absolute Gasteiger partial charge is 0.260 e. The number of hydrogen-bond donors (Lipinski definition) is 0. The minimum Gasteiger partial charge on any atom is -0.484 e. The molecule has 0 saturated carbocycles. The summed E-state index contributed by atoms with van der Waals surface area (Å²) in [6, 6.07) is 9.29. The Kier molecular flexibility index (Phi) is 5.12. The van der Waals surface area contributed by atoms with Crippen molar-refractivity contribution >= 4 is 17.5 Å². The van der Waals surface area contributed by atoms with Gasteiger partial charge in [-0.1, -0.05) is 18.2 Å². The van der Waals surface area contributed by atoms with Crippen molar-refractivity contribution in [3.8, 4) is 5.75 Å². The highest BCUT2D eigenvalue weighted by Crippen LogP contribution is 2.08. The van der Waals surface area contributed by atoms with E-state index in [0.29, 0.717) is 11.6 Å². The molecule has 88 valence electrons. The van der Waals surface area contributed by atoms with E-state index >= 15 is 0 Å².